The topological polar surface area (TPSA) is 76.7 Å². The summed E-state index contributed by atoms with van der Waals surface area (Å²) in [6, 6.07) is 7.90. The maximum Gasteiger partial charge on any atom is 0.416 e. The van der Waals surface area contributed by atoms with E-state index in [2.05, 4.69) is 20.6 Å². The number of rotatable bonds is 6. The highest BCUT2D eigenvalue weighted by molar-refractivity contribution is 5.80. The molecule has 0 saturated heterocycles. The number of benzene rings is 1. The molecule has 1 aliphatic heterocycles. The zero-order valence-corrected chi connectivity index (χ0v) is 20.9. The van der Waals surface area contributed by atoms with Gasteiger partial charge in [-0.15, -0.1) is 10.2 Å². The molecule has 38 heavy (non-hydrogen) atoms. The molecule has 1 saturated carbocycles. The molecule has 6 rings (SSSR count). The average Bonchev–Trinajstić information content (AvgIpc) is 3.58. The average molecular weight is 527 g/mol. The third kappa shape index (κ3) is 4.27. The van der Waals surface area contributed by atoms with E-state index in [0.717, 1.165) is 29.3 Å². The van der Waals surface area contributed by atoms with E-state index >= 15 is 0 Å². The highest BCUT2D eigenvalue weighted by atomic mass is 19.4. The Morgan fingerprint density at radius 3 is 2.61 bits per heavy atom. The molecule has 1 fully saturated rings. The highest BCUT2D eigenvalue weighted by Gasteiger charge is 2.38. The minimum Gasteiger partial charge on any atom is -0.367 e. The predicted octanol–water partition coefficient (Wildman–Crippen LogP) is 5.12. The number of halogens is 4. The van der Waals surface area contributed by atoms with Crippen molar-refractivity contribution >= 4 is 11.6 Å². The summed E-state index contributed by atoms with van der Waals surface area (Å²) in [6.45, 7) is 0.460. The maximum absolute atomic E-state index is 14.8. The number of fused-ring (bicyclic) bond motifs is 1. The predicted molar refractivity (Wildman–Crippen MR) is 134 cm³/mol. The number of pyridine rings is 1. The van der Waals surface area contributed by atoms with E-state index in [1.807, 2.05) is 24.1 Å². The lowest BCUT2D eigenvalue weighted by Gasteiger charge is -2.34. The Hall–Kier alpha value is -3.96. The maximum atomic E-state index is 14.8. The summed E-state index contributed by atoms with van der Waals surface area (Å²) >= 11 is 0. The van der Waals surface area contributed by atoms with Crippen LogP contribution in [0.15, 0.2) is 42.9 Å². The molecule has 1 aromatic carbocycles. The zero-order valence-electron chi connectivity index (χ0n) is 20.9. The summed E-state index contributed by atoms with van der Waals surface area (Å²) in [4.78, 5) is 6.51. The van der Waals surface area contributed by atoms with Crippen LogP contribution in [-0.2, 0) is 33.4 Å². The number of hydrogen-bond acceptors (Lipinski definition) is 6. The molecule has 0 radical (unpaired) electrons. The van der Waals surface area contributed by atoms with Crippen molar-refractivity contribution in [2.24, 2.45) is 14.1 Å². The first kappa shape index (κ1) is 24.4. The van der Waals surface area contributed by atoms with Gasteiger partial charge in [0.2, 0.25) is 0 Å². The van der Waals surface area contributed by atoms with Crippen molar-refractivity contribution in [3.05, 3.63) is 59.5 Å². The number of nitrogens with zero attached hydrogens (tertiary/aromatic N) is 7. The van der Waals surface area contributed by atoms with Crippen molar-refractivity contribution in [1.82, 2.24) is 29.5 Å². The van der Waals surface area contributed by atoms with Crippen molar-refractivity contribution < 1.29 is 17.6 Å². The van der Waals surface area contributed by atoms with Gasteiger partial charge in [-0.2, -0.15) is 18.3 Å². The molecular weight excluding hydrogens is 500 g/mol. The normalized spacial score (nSPS) is 16.4. The van der Waals surface area contributed by atoms with Crippen LogP contribution < -0.4 is 10.2 Å². The number of aryl methyl sites for hydroxylation is 2. The molecule has 1 aliphatic carbocycles. The van der Waals surface area contributed by atoms with Gasteiger partial charge in [0.05, 0.1) is 29.6 Å². The van der Waals surface area contributed by atoms with Gasteiger partial charge in [0, 0.05) is 32.7 Å². The summed E-state index contributed by atoms with van der Waals surface area (Å²) in [7, 11) is 3.63. The standard InChI is InChI=1S/C26H26F4N8/c1-36-15-32-35-24(36)18-11-33-37(2)23(18)17-9-21(31-14-25(27)7-4-8-25)34-22(10-17)38-12-16-5-3-6-20(19(16)13-38)26(28,29)30/h3,5-6,9-11,15H,4,7-8,12-14H2,1-2H3,(H,31,34). The van der Waals surface area contributed by atoms with Gasteiger partial charge in [-0.05, 0) is 48.6 Å². The second-order valence-electron chi connectivity index (χ2n) is 10.1. The molecule has 0 unspecified atom stereocenters. The Morgan fingerprint density at radius 2 is 1.92 bits per heavy atom. The minimum absolute atomic E-state index is 0.0650. The highest BCUT2D eigenvalue weighted by Crippen LogP contribution is 2.40. The first-order valence-electron chi connectivity index (χ1n) is 12.4. The van der Waals surface area contributed by atoms with Crippen molar-refractivity contribution in [3.8, 4) is 22.6 Å². The van der Waals surface area contributed by atoms with E-state index in [0.29, 0.717) is 35.9 Å². The van der Waals surface area contributed by atoms with Crippen LogP contribution in [0.25, 0.3) is 22.6 Å². The van der Waals surface area contributed by atoms with Gasteiger partial charge in [-0.25, -0.2) is 9.37 Å². The van der Waals surface area contributed by atoms with Gasteiger partial charge in [-0.1, -0.05) is 12.1 Å². The quantitative estimate of drug-likeness (QED) is 0.352. The Morgan fingerprint density at radius 1 is 1.11 bits per heavy atom. The van der Waals surface area contributed by atoms with Crippen molar-refractivity contribution in [3.63, 3.8) is 0 Å². The van der Waals surface area contributed by atoms with Gasteiger partial charge in [0.25, 0.3) is 0 Å². The Labute approximate surface area is 216 Å². The largest absolute Gasteiger partial charge is 0.416 e. The fourth-order valence-corrected chi connectivity index (χ4v) is 5.21. The SMILES string of the molecule is Cn1cnnc1-c1cnn(C)c1-c1cc(NCC2(F)CCC2)nc(N2Cc3cccc(C(F)(F)F)c3C2)c1. The lowest BCUT2D eigenvalue weighted by atomic mass is 9.82. The monoisotopic (exact) mass is 526 g/mol. The molecule has 12 heteroatoms. The minimum atomic E-state index is -4.44. The van der Waals surface area contributed by atoms with Crippen LogP contribution in [0.1, 0.15) is 36.0 Å². The van der Waals surface area contributed by atoms with Gasteiger partial charge in [0.15, 0.2) is 5.82 Å². The lowest BCUT2D eigenvalue weighted by molar-refractivity contribution is -0.138. The molecule has 8 nitrogen and oxygen atoms in total. The van der Waals surface area contributed by atoms with E-state index in [9.17, 15) is 17.6 Å². The van der Waals surface area contributed by atoms with Crippen LogP contribution in [0.2, 0.25) is 0 Å². The van der Waals surface area contributed by atoms with E-state index in [1.54, 1.807) is 34.9 Å². The fourth-order valence-electron chi connectivity index (χ4n) is 5.21. The van der Waals surface area contributed by atoms with E-state index in [4.69, 9.17) is 4.98 Å². The second kappa shape index (κ2) is 8.81. The van der Waals surface area contributed by atoms with Crippen LogP contribution in [0.4, 0.5) is 29.2 Å². The summed E-state index contributed by atoms with van der Waals surface area (Å²) in [5, 5.41) is 15.8. The summed E-state index contributed by atoms with van der Waals surface area (Å²) in [5.74, 6) is 1.54. The first-order valence-corrected chi connectivity index (χ1v) is 12.4. The summed E-state index contributed by atoms with van der Waals surface area (Å²) in [5.41, 5.74) is 1.15. The van der Waals surface area contributed by atoms with Crippen molar-refractivity contribution in [2.45, 2.75) is 44.2 Å². The molecule has 4 heterocycles. The van der Waals surface area contributed by atoms with E-state index < -0.39 is 17.4 Å². The van der Waals surface area contributed by atoms with Gasteiger partial charge < -0.3 is 14.8 Å². The molecule has 3 aromatic heterocycles. The van der Waals surface area contributed by atoms with Crippen molar-refractivity contribution in [2.75, 3.05) is 16.8 Å². The molecule has 4 aromatic rings. The number of nitrogens with one attached hydrogen (secondary N) is 1. The van der Waals surface area contributed by atoms with Crippen LogP contribution in [0, 0.1) is 0 Å². The Bertz CT molecular complexity index is 1500. The Balaban J connectivity index is 1.42. The van der Waals surface area contributed by atoms with E-state index in [1.165, 1.54) is 6.07 Å². The number of hydrogen-bond donors (Lipinski definition) is 1. The summed E-state index contributed by atoms with van der Waals surface area (Å²) < 4.78 is 59.4. The molecular formula is C26H26F4N8. The van der Waals surface area contributed by atoms with Crippen LogP contribution >= 0.6 is 0 Å². The number of aromatic nitrogens is 6. The number of anilines is 2. The first-order chi connectivity index (χ1) is 18.1. The van der Waals surface area contributed by atoms with Gasteiger partial charge in [0.1, 0.15) is 23.6 Å². The summed E-state index contributed by atoms with van der Waals surface area (Å²) in [6.07, 6.45) is 0.676. The van der Waals surface area contributed by atoms with Crippen molar-refractivity contribution in [1.29, 1.82) is 0 Å². The molecule has 0 spiro atoms. The molecule has 0 bridgehead atoms. The molecule has 0 amide bonds. The second-order valence-corrected chi connectivity index (χ2v) is 10.1. The van der Waals surface area contributed by atoms with Gasteiger partial charge >= 0.3 is 6.18 Å². The Kier molecular flexibility index (Phi) is 5.65. The van der Waals surface area contributed by atoms with E-state index in [-0.39, 0.29) is 25.2 Å². The molecule has 0 atom stereocenters. The van der Waals surface area contributed by atoms with Crippen LogP contribution in [0.5, 0.6) is 0 Å². The smallest absolute Gasteiger partial charge is 0.367 e. The van der Waals surface area contributed by atoms with Crippen LogP contribution in [-0.4, -0.2) is 41.7 Å². The molecule has 2 aliphatic rings. The molecule has 1 N–H and O–H groups in total. The lowest BCUT2D eigenvalue weighted by Crippen LogP contribution is -2.39. The fraction of sp³-hybridized carbons (Fsp3) is 0.385. The molecule has 198 valence electrons. The van der Waals surface area contributed by atoms with Gasteiger partial charge in [-0.3, -0.25) is 4.68 Å². The third-order valence-corrected chi connectivity index (χ3v) is 7.42. The number of alkyl halides is 4. The zero-order chi connectivity index (χ0) is 26.7. The van der Waals surface area contributed by atoms with Crippen LogP contribution in [0.3, 0.4) is 0 Å². The third-order valence-electron chi connectivity index (χ3n) is 7.42.